The maximum Gasteiger partial charge on any atom is 0.0315 e. The van der Waals surface area contributed by atoms with Gasteiger partial charge in [-0.05, 0) is 23.1 Å². The van der Waals surface area contributed by atoms with Crippen molar-refractivity contribution in [1.29, 1.82) is 0 Å². The van der Waals surface area contributed by atoms with E-state index >= 15 is 0 Å². The summed E-state index contributed by atoms with van der Waals surface area (Å²) in [7, 11) is 0. The fraction of sp³-hybridized carbons (Fsp3) is 0.882. The Labute approximate surface area is 118 Å². The van der Waals surface area contributed by atoms with Gasteiger partial charge < -0.3 is 0 Å². The Kier molecular flexibility index (Phi) is 8.48. The molecule has 0 spiro atoms. The van der Waals surface area contributed by atoms with Gasteiger partial charge in [-0.3, -0.25) is 0 Å². The molecule has 0 fully saturated rings. The standard InChI is InChI=1S/C10H20.C6H14.CH4.H2/c1-9(2)7-6-8-10(3,4)5;1-5-6(2,3)4;;/h6-7,9H,8H2,1-5H3;5H2,1-4H3;1H4;1H/i1D,8D;;;1+1D. The highest BCUT2D eigenvalue weighted by molar-refractivity contribution is 4.87. The van der Waals surface area contributed by atoms with Crippen LogP contribution in [0.15, 0.2) is 12.2 Å². The zero-order chi connectivity index (χ0) is 17.0. The topological polar surface area (TPSA) is 0 Å². The van der Waals surface area contributed by atoms with Crippen LogP contribution in [-0.4, -0.2) is 0 Å². The second kappa shape index (κ2) is 9.74. The minimum atomic E-state index is -0.161. The maximum atomic E-state index is 7.74. The zero-order valence-corrected chi connectivity index (χ0v) is 12.7. The second-order valence-electron chi connectivity index (χ2n) is 6.81. The molecule has 0 nitrogen and oxygen atoms in total. The Bertz CT molecular complexity index is 224. The molecule has 0 heterocycles. The van der Waals surface area contributed by atoms with Crippen LogP contribution in [0.25, 0.3) is 0 Å². The summed E-state index contributed by atoms with van der Waals surface area (Å²) in [6.45, 7) is 17.5. The van der Waals surface area contributed by atoms with Crippen LogP contribution in [0.3, 0.4) is 0 Å². The summed E-state index contributed by atoms with van der Waals surface area (Å²) in [5.74, 6) is 0.278. The van der Waals surface area contributed by atoms with Gasteiger partial charge in [0.05, 0.1) is 0 Å². The summed E-state index contributed by atoms with van der Waals surface area (Å²) >= 11 is 0. The Hall–Kier alpha value is -0.260. The van der Waals surface area contributed by atoms with Crippen LogP contribution in [0.2, 0.25) is 0 Å². The van der Waals surface area contributed by atoms with Crippen LogP contribution in [0, 0.1) is 16.7 Å². The largest absolute Gasteiger partial charge is 0.0878 e. The third kappa shape index (κ3) is 31.3. The Morgan fingerprint density at radius 3 is 1.88 bits per heavy atom. The van der Waals surface area contributed by atoms with Crippen molar-refractivity contribution < 1.29 is 5.71 Å². The molecular weight excluding hydrogens is 204 g/mol. The second-order valence-corrected chi connectivity index (χ2v) is 6.81. The van der Waals surface area contributed by atoms with Crippen molar-refractivity contribution in [3.63, 3.8) is 0 Å². The quantitative estimate of drug-likeness (QED) is 0.463. The van der Waals surface area contributed by atoms with E-state index in [1.54, 1.807) is 0 Å². The molecule has 0 amide bonds. The molecule has 0 rings (SSSR count). The van der Waals surface area contributed by atoms with Crippen LogP contribution in [0.4, 0.5) is 0 Å². The van der Waals surface area contributed by atoms with Gasteiger partial charge in [0, 0.05) is 5.71 Å². The molecule has 17 heavy (non-hydrogen) atoms. The van der Waals surface area contributed by atoms with Gasteiger partial charge in [-0.1, -0.05) is 88.3 Å². The monoisotopic (exact) mass is 248 g/mol. The number of hydrogen-bond acceptors (Lipinski definition) is 0. The van der Waals surface area contributed by atoms with E-state index in [4.69, 9.17) is 5.71 Å². The molecule has 0 heteroatoms. The van der Waals surface area contributed by atoms with E-state index in [9.17, 15) is 0 Å². The molecular formula is C17H40. The summed E-state index contributed by atoms with van der Waals surface area (Å²) < 4.78 is 24.8. The highest BCUT2D eigenvalue weighted by Crippen LogP contribution is 2.19. The molecule has 108 valence electrons. The van der Waals surface area contributed by atoms with E-state index in [1.165, 1.54) is 6.42 Å². The lowest BCUT2D eigenvalue weighted by Gasteiger charge is -2.14. The number of rotatable bonds is 2. The number of allylic oxidation sites excluding steroid dienone is 2. The molecule has 0 aliphatic rings. The summed E-state index contributed by atoms with van der Waals surface area (Å²) in [6.07, 6.45) is 4.98. The van der Waals surface area contributed by atoms with Crippen LogP contribution >= 0.6 is 0 Å². The molecule has 2 atom stereocenters. The highest BCUT2D eigenvalue weighted by atomic mass is 14.1. The first kappa shape index (κ1) is 14.8. The predicted molar refractivity (Wildman–Crippen MR) is 86.6 cm³/mol. The van der Waals surface area contributed by atoms with Gasteiger partial charge in [0.25, 0.3) is 0 Å². The normalized spacial score (nSPS) is 17.6. The van der Waals surface area contributed by atoms with Gasteiger partial charge in [-0.15, -0.1) is 0 Å². The molecule has 0 saturated heterocycles. The Morgan fingerprint density at radius 1 is 1.24 bits per heavy atom. The van der Waals surface area contributed by atoms with Gasteiger partial charge in [0.1, 0.15) is 0 Å². The van der Waals surface area contributed by atoms with Crippen LogP contribution in [0.5, 0.6) is 0 Å². The Balaban J connectivity index is -0.000000137. The van der Waals surface area contributed by atoms with Crippen molar-refractivity contribution in [1.82, 2.24) is 0 Å². The lowest BCUT2D eigenvalue weighted by molar-refractivity contribution is 0.398. The highest BCUT2D eigenvalue weighted by Gasteiger charge is 2.06. The molecule has 0 radical (unpaired) electrons. The first-order chi connectivity index (χ1) is 8.94. The van der Waals surface area contributed by atoms with E-state index in [2.05, 4.69) is 48.5 Å². The van der Waals surface area contributed by atoms with Gasteiger partial charge in [0.2, 0.25) is 0 Å². The lowest BCUT2D eigenvalue weighted by atomic mass is 9.92. The van der Waals surface area contributed by atoms with Gasteiger partial charge >= 0.3 is 0 Å². The number of hydrogen-bond donors (Lipinski definition) is 0. The predicted octanol–water partition coefficient (Wildman–Crippen LogP) is 6.96. The minimum absolute atomic E-state index is 0. The van der Waals surface area contributed by atoms with Crippen LogP contribution in [0.1, 0.15) is 88.2 Å². The van der Waals surface area contributed by atoms with E-state index in [0.717, 1.165) is 0 Å². The molecule has 0 N–H and O–H groups in total. The zero-order valence-electron chi connectivity index (χ0n) is 16.7. The van der Waals surface area contributed by atoms with E-state index < -0.39 is 0 Å². The minimum Gasteiger partial charge on any atom is -0.0878 e. The molecule has 0 aromatic heterocycles. The molecule has 0 saturated carbocycles. The van der Waals surface area contributed by atoms with Crippen LogP contribution < -0.4 is 0 Å². The molecule has 0 bridgehead atoms. The fourth-order valence-corrected chi connectivity index (χ4v) is 0.534. The molecule has 0 aliphatic carbocycles. The Morgan fingerprint density at radius 2 is 1.65 bits per heavy atom. The van der Waals surface area contributed by atoms with E-state index in [0.29, 0.717) is 12.3 Å². The van der Waals surface area contributed by atoms with Crippen molar-refractivity contribution in [3.05, 3.63) is 12.2 Å². The molecule has 0 aromatic carbocycles. The average molecular weight is 249 g/mol. The maximum absolute atomic E-state index is 7.74. The summed E-state index contributed by atoms with van der Waals surface area (Å²) in [4.78, 5) is 0. The summed E-state index contributed by atoms with van der Waals surface area (Å²) in [5, 5.41) is 0. The SMILES string of the molecule is C.CCC(C)(C)C.[2H]CC(C)C=CC([2H])C(C)(C)C.[2H][2H]. The first-order valence-electron chi connectivity index (χ1n) is 8.62. The third-order valence-electron chi connectivity index (χ3n) is 2.10. The lowest BCUT2D eigenvalue weighted by Crippen LogP contribution is -2.01. The van der Waals surface area contributed by atoms with Gasteiger partial charge in [-0.25, -0.2) is 0 Å². The average Bonchev–Trinajstić information content (AvgIpc) is 2.36. The van der Waals surface area contributed by atoms with Crippen molar-refractivity contribution in [2.45, 2.75) is 82.5 Å². The van der Waals surface area contributed by atoms with Crippen molar-refractivity contribution in [2.75, 3.05) is 0 Å². The van der Waals surface area contributed by atoms with Gasteiger partial charge in [-0.2, -0.15) is 0 Å². The van der Waals surface area contributed by atoms with Crippen molar-refractivity contribution in [3.8, 4) is 0 Å². The third-order valence-corrected chi connectivity index (χ3v) is 2.10. The fourth-order valence-electron chi connectivity index (χ4n) is 0.534. The van der Waals surface area contributed by atoms with Gasteiger partial charge in [0.15, 0.2) is 0 Å². The summed E-state index contributed by atoms with van der Waals surface area (Å²) in [5.41, 5.74) is 0.554. The smallest absolute Gasteiger partial charge is 0.0315 e. The van der Waals surface area contributed by atoms with E-state index in [-0.39, 0.29) is 25.2 Å². The summed E-state index contributed by atoms with van der Waals surface area (Å²) in [6, 6.07) is 0. The first-order valence-corrected chi connectivity index (χ1v) is 6.33. The molecule has 0 aliphatic heterocycles. The van der Waals surface area contributed by atoms with Crippen LogP contribution in [-0.2, 0) is 0 Å². The van der Waals surface area contributed by atoms with Crippen molar-refractivity contribution in [2.24, 2.45) is 16.7 Å². The molecule has 0 aromatic rings. The molecule has 2 unspecified atom stereocenters. The van der Waals surface area contributed by atoms with E-state index in [1.807, 2.05) is 19.1 Å². The van der Waals surface area contributed by atoms with Crippen molar-refractivity contribution >= 4 is 0 Å².